The monoisotopic (exact) mass is 652 g/mol. The Hall–Kier alpha value is -6.58. The Balaban J connectivity index is 1.08. The topological polar surface area (TPSA) is 38.9 Å². The van der Waals surface area contributed by atoms with Crippen LogP contribution in [0.3, 0.4) is 0 Å². The fourth-order valence-electron chi connectivity index (χ4n) is 8.03. The number of hydrogen-bond acceptors (Lipinski definition) is 3. The number of aromatic nitrogens is 2. The zero-order valence-electron chi connectivity index (χ0n) is 28.0. The maximum atomic E-state index is 6.25. The highest BCUT2D eigenvalue weighted by atomic mass is 16.3. The summed E-state index contributed by atoms with van der Waals surface area (Å²) in [4.78, 5) is 10.2. The summed E-state index contributed by atoms with van der Waals surface area (Å²) in [5, 5.41) is 2.21. The van der Waals surface area contributed by atoms with Gasteiger partial charge in [0.2, 0.25) is 0 Å². The third kappa shape index (κ3) is 4.66. The molecule has 10 rings (SSSR count). The van der Waals surface area contributed by atoms with Crippen LogP contribution in [0.4, 0.5) is 0 Å². The molecule has 0 fully saturated rings. The van der Waals surface area contributed by atoms with E-state index in [-0.39, 0.29) is 5.41 Å². The van der Waals surface area contributed by atoms with Gasteiger partial charge < -0.3 is 4.42 Å². The minimum absolute atomic E-state index is 0.236. The lowest BCUT2D eigenvalue weighted by molar-refractivity contribution is 0.669. The Kier molecular flexibility index (Phi) is 6.62. The molecule has 0 bridgehead atoms. The van der Waals surface area contributed by atoms with E-state index in [0.29, 0.717) is 5.82 Å². The molecule has 1 unspecified atom stereocenters. The molecule has 0 saturated carbocycles. The number of nitrogens with zero attached hydrogens (tertiary/aromatic N) is 2. The molecule has 1 aliphatic carbocycles. The number of rotatable bonds is 5. The van der Waals surface area contributed by atoms with Crippen molar-refractivity contribution >= 4 is 21.9 Å². The van der Waals surface area contributed by atoms with Crippen molar-refractivity contribution in [2.75, 3.05) is 0 Å². The van der Waals surface area contributed by atoms with Gasteiger partial charge in [-0.1, -0.05) is 152 Å². The van der Waals surface area contributed by atoms with E-state index in [1.165, 1.54) is 38.9 Å². The van der Waals surface area contributed by atoms with Crippen LogP contribution in [-0.4, -0.2) is 9.97 Å². The number of furan rings is 1. The van der Waals surface area contributed by atoms with E-state index in [4.69, 9.17) is 14.4 Å². The molecular weight excluding hydrogens is 621 g/mol. The first-order valence-corrected chi connectivity index (χ1v) is 17.4. The molecule has 0 aliphatic heterocycles. The van der Waals surface area contributed by atoms with Gasteiger partial charge in [-0.2, -0.15) is 0 Å². The van der Waals surface area contributed by atoms with Gasteiger partial charge in [0.25, 0.3) is 0 Å². The largest absolute Gasteiger partial charge is 0.456 e. The molecule has 2 heterocycles. The summed E-state index contributed by atoms with van der Waals surface area (Å²) in [5.74, 6) is 0.689. The second-order valence-electron chi connectivity index (χ2n) is 13.5. The minimum Gasteiger partial charge on any atom is -0.456 e. The fourth-order valence-corrected chi connectivity index (χ4v) is 8.03. The van der Waals surface area contributed by atoms with Crippen LogP contribution in [0.2, 0.25) is 0 Å². The van der Waals surface area contributed by atoms with Crippen molar-refractivity contribution in [3.8, 4) is 56.2 Å². The van der Waals surface area contributed by atoms with E-state index >= 15 is 0 Å². The van der Waals surface area contributed by atoms with Gasteiger partial charge in [0, 0.05) is 32.9 Å². The van der Waals surface area contributed by atoms with Gasteiger partial charge in [0.15, 0.2) is 5.82 Å². The molecule has 0 N–H and O–H groups in total. The summed E-state index contributed by atoms with van der Waals surface area (Å²) in [6, 6.07) is 62.2. The summed E-state index contributed by atoms with van der Waals surface area (Å²) < 4.78 is 6.25. The minimum atomic E-state index is -0.236. The first kappa shape index (κ1) is 29.3. The highest BCUT2D eigenvalue weighted by molar-refractivity contribution is 6.05. The summed E-state index contributed by atoms with van der Waals surface area (Å²) in [5.41, 5.74) is 15.2. The summed E-state index contributed by atoms with van der Waals surface area (Å²) in [6.07, 6.45) is 0. The highest BCUT2D eigenvalue weighted by Crippen LogP contribution is 2.55. The van der Waals surface area contributed by atoms with Crippen LogP contribution in [0.15, 0.2) is 180 Å². The quantitative estimate of drug-likeness (QED) is 0.186. The molecule has 2 aromatic heterocycles. The van der Waals surface area contributed by atoms with Crippen molar-refractivity contribution in [3.05, 3.63) is 193 Å². The molecule has 51 heavy (non-hydrogen) atoms. The maximum Gasteiger partial charge on any atom is 0.160 e. The molecule has 1 aliphatic rings. The van der Waals surface area contributed by atoms with E-state index in [0.717, 1.165) is 50.0 Å². The van der Waals surface area contributed by atoms with Crippen LogP contribution in [0, 0.1) is 0 Å². The molecule has 3 heteroatoms. The molecule has 7 aromatic carbocycles. The Morgan fingerprint density at radius 1 is 0.431 bits per heavy atom. The molecular formula is C48H32N2O. The first-order chi connectivity index (χ1) is 25.1. The summed E-state index contributed by atoms with van der Waals surface area (Å²) in [6.45, 7) is 2.36. The molecule has 0 spiro atoms. The van der Waals surface area contributed by atoms with Crippen LogP contribution >= 0.6 is 0 Å². The summed E-state index contributed by atoms with van der Waals surface area (Å²) in [7, 11) is 0. The SMILES string of the molecule is CC1(c2ccccc2)c2ccccc2-c2c(-c3ccc(-c4cc(-c5ccc6c(c5)oc5ccccc56)nc(-c5ccccc5)n4)cc3)cccc21. The molecule has 3 nitrogen and oxygen atoms in total. The zero-order valence-corrected chi connectivity index (χ0v) is 28.0. The first-order valence-electron chi connectivity index (χ1n) is 17.4. The van der Waals surface area contributed by atoms with Crippen molar-refractivity contribution in [1.29, 1.82) is 0 Å². The van der Waals surface area contributed by atoms with E-state index < -0.39 is 0 Å². The molecule has 1 atom stereocenters. The second-order valence-corrected chi connectivity index (χ2v) is 13.5. The highest BCUT2D eigenvalue weighted by Gasteiger charge is 2.41. The van der Waals surface area contributed by atoms with Crippen LogP contribution in [0.25, 0.3) is 78.1 Å². The van der Waals surface area contributed by atoms with Crippen molar-refractivity contribution in [2.24, 2.45) is 0 Å². The lowest BCUT2D eigenvalue weighted by Gasteiger charge is -2.28. The number of benzene rings is 7. The Bertz CT molecular complexity index is 2750. The van der Waals surface area contributed by atoms with Gasteiger partial charge >= 0.3 is 0 Å². The predicted octanol–water partition coefficient (Wildman–Crippen LogP) is 12.4. The average molecular weight is 653 g/mol. The van der Waals surface area contributed by atoms with Crippen molar-refractivity contribution in [2.45, 2.75) is 12.3 Å². The van der Waals surface area contributed by atoms with Crippen molar-refractivity contribution < 1.29 is 4.42 Å². The van der Waals surface area contributed by atoms with Gasteiger partial charge in [-0.25, -0.2) is 9.97 Å². The van der Waals surface area contributed by atoms with Crippen LogP contribution in [0.1, 0.15) is 23.6 Å². The number of fused-ring (bicyclic) bond motifs is 6. The van der Waals surface area contributed by atoms with Crippen molar-refractivity contribution in [3.63, 3.8) is 0 Å². The molecule has 0 radical (unpaired) electrons. The average Bonchev–Trinajstić information content (AvgIpc) is 3.71. The fraction of sp³-hybridized carbons (Fsp3) is 0.0417. The Labute approximate surface area is 296 Å². The van der Waals surface area contributed by atoms with Crippen LogP contribution in [-0.2, 0) is 5.41 Å². The molecule has 0 saturated heterocycles. The van der Waals surface area contributed by atoms with Crippen LogP contribution < -0.4 is 0 Å². The van der Waals surface area contributed by atoms with Gasteiger partial charge in [-0.3, -0.25) is 0 Å². The molecule has 240 valence electrons. The molecule has 0 amide bonds. The van der Waals surface area contributed by atoms with Gasteiger partial charge in [-0.05, 0) is 70.1 Å². The van der Waals surface area contributed by atoms with Crippen molar-refractivity contribution in [1.82, 2.24) is 9.97 Å². The lowest BCUT2D eigenvalue weighted by Crippen LogP contribution is -2.22. The van der Waals surface area contributed by atoms with E-state index in [2.05, 4.69) is 146 Å². The third-order valence-electron chi connectivity index (χ3n) is 10.6. The van der Waals surface area contributed by atoms with E-state index in [9.17, 15) is 0 Å². The standard InChI is InChI=1S/C48H32N2O/c1-48(35-15-6-3-7-16-35)40-20-10-8-18-39(40)46-36(19-12-21-41(46)48)31-23-25-32(26-24-31)42-30-43(50-47(49-42)33-13-4-2-5-14-33)34-27-28-38-37-17-9-11-22-44(37)51-45(38)29-34/h2-30H,1H3. The molecule has 9 aromatic rings. The second kappa shape index (κ2) is 11.5. The van der Waals surface area contributed by atoms with Gasteiger partial charge in [0.1, 0.15) is 11.2 Å². The Morgan fingerprint density at radius 3 is 1.86 bits per heavy atom. The maximum absolute atomic E-state index is 6.25. The Morgan fingerprint density at radius 2 is 1.04 bits per heavy atom. The number of para-hydroxylation sites is 1. The van der Waals surface area contributed by atoms with E-state index in [1.54, 1.807) is 0 Å². The number of hydrogen-bond donors (Lipinski definition) is 0. The summed E-state index contributed by atoms with van der Waals surface area (Å²) >= 11 is 0. The zero-order chi connectivity index (χ0) is 33.9. The lowest BCUT2D eigenvalue weighted by atomic mass is 9.74. The van der Waals surface area contributed by atoms with Crippen LogP contribution in [0.5, 0.6) is 0 Å². The van der Waals surface area contributed by atoms with E-state index in [1.807, 2.05) is 36.4 Å². The normalized spacial score (nSPS) is 14.8. The third-order valence-corrected chi connectivity index (χ3v) is 10.6. The predicted molar refractivity (Wildman–Crippen MR) is 208 cm³/mol. The van der Waals surface area contributed by atoms with Gasteiger partial charge in [0.05, 0.1) is 11.4 Å². The smallest absolute Gasteiger partial charge is 0.160 e. The van der Waals surface area contributed by atoms with Gasteiger partial charge in [-0.15, -0.1) is 0 Å².